The third-order valence-electron chi connectivity index (χ3n) is 4.61. The molecule has 3 nitrogen and oxygen atoms in total. The molecule has 1 N–H and O–H groups in total. The topological polar surface area (TPSA) is 28.2 Å². The van der Waals surface area contributed by atoms with E-state index in [0.717, 1.165) is 37.3 Å². The number of rotatable bonds is 7. The lowest BCUT2D eigenvalue weighted by molar-refractivity contribution is 0.321. The lowest BCUT2D eigenvalue weighted by Gasteiger charge is -2.31. The molecular weight excluding hydrogens is 246 g/mol. The zero-order chi connectivity index (χ0) is 13.9. The molecule has 0 spiro atoms. The third-order valence-corrected chi connectivity index (χ3v) is 4.61. The summed E-state index contributed by atoms with van der Waals surface area (Å²) in [6.07, 6.45) is 7.92. The summed E-state index contributed by atoms with van der Waals surface area (Å²) in [5.74, 6) is 2.05. The first kappa shape index (κ1) is 13.9. The van der Waals surface area contributed by atoms with E-state index in [4.69, 9.17) is 4.98 Å². The highest BCUT2D eigenvalue weighted by Crippen LogP contribution is 2.28. The van der Waals surface area contributed by atoms with Crippen molar-refractivity contribution >= 4 is 5.82 Å². The first-order valence-corrected chi connectivity index (χ1v) is 8.19. The second-order valence-electron chi connectivity index (χ2n) is 6.51. The van der Waals surface area contributed by atoms with Gasteiger partial charge in [-0.2, -0.15) is 0 Å². The molecule has 2 aliphatic carbocycles. The van der Waals surface area contributed by atoms with Gasteiger partial charge in [0.15, 0.2) is 0 Å². The minimum Gasteiger partial charge on any atom is -0.359 e. The number of pyridine rings is 1. The molecule has 0 bridgehead atoms. The fraction of sp³-hybridized carbons (Fsp3) is 0.706. The van der Waals surface area contributed by atoms with Crippen molar-refractivity contribution in [1.29, 1.82) is 0 Å². The van der Waals surface area contributed by atoms with Gasteiger partial charge in [0.1, 0.15) is 5.82 Å². The Morgan fingerprint density at radius 3 is 2.65 bits per heavy atom. The van der Waals surface area contributed by atoms with E-state index < -0.39 is 0 Å². The van der Waals surface area contributed by atoms with E-state index in [9.17, 15) is 0 Å². The summed E-state index contributed by atoms with van der Waals surface area (Å²) in [6, 6.07) is 5.30. The first-order chi connectivity index (χ1) is 9.74. The number of nitrogens with one attached hydrogen (secondary N) is 1. The second-order valence-corrected chi connectivity index (χ2v) is 6.51. The smallest absolute Gasteiger partial charge is 0.128 e. The maximum atomic E-state index is 4.80. The van der Waals surface area contributed by atoms with E-state index in [1.807, 2.05) is 0 Å². The molecule has 3 rings (SSSR count). The lowest BCUT2D eigenvalue weighted by Crippen LogP contribution is -2.30. The monoisotopic (exact) mass is 273 g/mol. The van der Waals surface area contributed by atoms with Gasteiger partial charge in [-0.25, -0.2) is 4.98 Å². The zero-order valence-corrected chi connectivity index (χ0v) is 12.9. The summed E-state index contributed by atoms with van der Waals surface area (Å²) < 4.78 is 0. The van der Waals surface area contributed by atoms with Gasteiger partial charge in [0.25, 0.3) is 0 Å². The molecule has 0 aromatic carbocycles. The van der Waals surface area contributed by atoms with Crippen molar-refractivity contribution in [3.8, 4) is 0 Å². The molecule has 3 heteroatoms. The van der Waals surface area contributed by atoms with E-state index in [0.29, 0.717) is 0 Å². The van der Waals surface area contributed by atoms with Crippen molar-refractivity contribution in [2.24, 2.45) is 5.92 Å². The maximum absolute atomic E-state index is 4.80. The van der Waals surface area contributed by atoms with E-state index in [1.165, 1.54) is 43.4 Å². The van der Waals surface area contributed by atoms with Crippen LogP contribution in [0.15, 0.2) is 12.1 Å². The van der Waals surface area contributed by atoms with Gasteiger partial charge in [-0.3, -0.25) is 0 Å². The van der Waals surface area contributed by atoms with Crippen LogP contribution < -0.4 is 10.2 Å². The Morgan fingerprint density at radius 1 is 1.25 bits per heavy atom. The zero-order valence-electron chi connectivity index (χ0n) is 12.9. The number of hydrogen-bond acceptors (Lipinski definition) is 3. The van der Waals surface area contributed by atoms with Crippen LogP contribution in [0.25, 0.3) is 0 Å². The predicted molar refractivity (Wildman–Crippen MR) is 84.1 cm³/mol. The van der Waals surface area contributed by atoms with Gasteiger partial charge in [-0.15, -0.1) is 0 Å². The normalized spacial score (nSPS) is 18.9. The molecule has 2 aliphatic rings. The fourth-order valence-corrected chi connectivity index (χ4v) is 2.82. The van der Waals surface area contributed by atoms with Crippen LogP contribution in [-0.2, 0) is 13.0 Å². The summed E-state index contributed by atoms with van der Waals surface area (Å²) in [4.78, 5) is 7.15. The number of nitrogens with zero attached hydrogens (tertiary/aromatic N) is 2. The molecule has 110 valence electrons. The Bertz CT molecular complexity index is 450. The highest BCUT2D eigenvalue weighted by molar-refractivity contribution is 5.42. The van der Waals surface area contributed by atoms with Crippen LogP contribution in [0.1, 0.15) is 50.3 Å². The quantitative estimate of drug-likeness (QED) is 0.827. The van der Waals surface area contributed by atoms with Gasteiger partial charge in [0.05, 0.1) is 0 Å². The van der Waals surface area contributed by atoms with Crippen LogP contribution in [-0.4, -0.2) is 24.6 Å². The summed E-state index contributed by atoms with van der Waals surface area (Å²) in [6.45, 7) is 4.34. The number of hydrogen-bond donors (Lipinski definition) is 1. The van der Waals surface area contributed by atoms with Gasteiger partial charge in [0, 0.05) is 31.9 Å². The van der Waals surface area contributed by atoms with Gasteiger partial charge in [-0.1, -0.05) is 13.3 Å². The van der Waals surface area contributed by atoms with Gasteiger partial charge in [0.2, 0.25) is 0 Å². The van der Waals surface area contributed by atoms with Crippen molar-refractivity contribution in [2.45, 2.75) is 58.0 Å². The molecule has 2 saturated carbocycles. The second kappa shape index (κ2) is 6.13. The van der Waals surface area contributed by atoms with Gasteiger partial charge < -0.3 is 10.2 Å². The summed E-state index contributed by atoms with van der Waals surface area (Å²) in [7, 11) is 2.19. The van der Waals surface area contributed by atoms with Crippen LogP contribution in [0.4, 0.5) is 5.82 Å². The first-order valence-electron chi connectivity index (χ1n) is 8.19. The molecule has 1 aromatic rings. The third kappa shape index (κ3) is 3.51. The van der Waals surface area contributed by atoms with Crippen molar-refractivity contribution in [3.05, 3.63) is 23.4 Å². The Kier molecular flexibility index (Phi) is 4.25. The van der Waals surface area contributed by atoms with Crippen LogP contribution in [0.2, 0.25) is 0 Å². The SMILES string of the molecule is CCc1cc(CNC2CC2)cc(N(C)CC2CCC2)n1. The van der Waals surface area contributed by atoms with Crippen LogP contribution in [0.3, 0.4) is 0 Å². The molecule has 2 fully saturated rings. The summed E-state index contributed by atoms with van der Waals surface area (Å²) in [5.41, 5.74) is 2.61. The number of anilines is 1. The Balaban J connectivity index is 1.68. The van der Waals surface area contributed by atoms with E-state index in [1.54, 1.807) is 0 Å². The molecule has 1 heterocycles. The van der Waals surface area contributed by atoms with Crippen LogP contribution in [0.5, 0.6) is 0 Å². The van der Waals surface area contributed by atoms with Crippen LogP contribution >= 0.6 is 0 Å². The molecule has 0 atom stereocenters. The van der Waals surface area contributed by atoms with Crippen molar-refractivity contribution in [2.75, 3.05) is 18.5 Å². The minimum absolute atomic E-state index is 0.768. The summed E-state index contributed by atoms with van der Waals surface area (Å²) >= 11 is 0. The summed E-state index contributed by atoms with van der Waals surface area (Å²) in [5, 5.41) is 3.61. The van der Waals surface area contributed by atoms with Crippen molar-refractivity contribution in [1.82, 2.24) is 10.3 Å². The van der Waals surface area contributed by atoms with Crippen molar-refractivity contribution < 1.29 is 0 Å². The van der Waals surface area contributed by atoms with Crippen LogP contribution in [0, 0.1) is 5.92 Å². The molecule has 0 aliphatic heterocycles. The molecular formula is C17H27N3. The molecule has 0 radical (unpaired) electrons. The average molecular weight is 273 g/mol. The maximum Gasteiger partial charge on any atom is 0.128 e. The molecule has 0 amide bonds. The molecule has 1 aromatic heterocycles. The highest BCUT2D eigenvalue weighted by Gasteiger charge is 2.21. The lowest BCUT2D eigenvalue weighted by atomic mass is 9.85. The van der Waals surface area contributed by atoms with Gasteiger partial charge in [-0.05, 0) is 55.7 Å². The van der Waals surface area contributed by atoms with Gasteiger partial charge >= 0.3 is 0 Å². The van der Waals surface area contributed by atoms with Crippen molar-refractivity contribution in [3.63, 3.8) is 0 Å². The Labute approximate surface area is 122 Å². The predicted octanol–water partition coefficient (Wildman–Crippen LogP) is 3.13. The highest BCUT2D eigenvalue weighted by atomic mass is 15.2. The standard InChI is InChI=1S/C17H27N3/c1-3-15-9-14(11-18-16-7-8-16)10-17(19-15)20(2)12-13-5-4-6-13/h9-10,13,16,18H,3-8,11-12H2,1-2H3. The molecule has 0 unspecified atom stereocenters. The van der Waals surface area contributed by atoms with E-state index in [2.05, 4.69) is 36.3 Å². The van der Waals surface area contributed by atoms with E-state index >= 15 is 0 Å². The largest absolute Gasteiger partial charge is 0.359 e. The minimum atomic E-state index is 0.768. The number of aromatic nitrogens is 1. The average Bonchev–Trinajstić information content (AvgIpc) is 3.24. The molecule has 20 heavy (non-hydrogen) atoms. The Hall–Kier alpha value is -1.09. The molecule has 0 saturated heterocycles. The fourth-order valence-electron chi connectivity index (χ4n) is 2.82. The van der Waals surface area contributed by atoms with E-state index in [-0.39, 0.29) is 0 Å². The Morgan fingerprint density at radius 2 is 2.05 bits per heavy atom. The number of aryl methyl sites for hydroxylation is 1.